The van der Waals surface area contributed by atoms with Gasteiger partial charge in [0.25, 0.3) is 0 Å². The molecule has 0 aromatic heterocycles. The van der Waals surface area contributed by atoms with Crippen molar-refractivity contribution in [1.29, 1.82) is 0 Å². The number of hydrogen-bond acceptors (Lipinski definition) is 7. The summed E-state index contributed by atoms with van der Waals surface area (Å²) >= 11 is 0. The first kappa shape index (κ1) is 54.0. The van der Waals surface area contributed by atoms with Crippen molar-refractivity contribution in [2.45, 2.75) is 254 Å². The summed E-state index contributed by atoms with van der Waals surface area (Å²) < 4.78 is 30.8. The monoisotopic (exact) mass is 870 g/mol. The summed E-state index contributed by atoms with van der Waals surface area (Å²) in [5.74, 6) is 2.76. The quantitative estimate of drug-likeness (QED) is 0.0569. The van der Waals surface area contributed by atoms with Gasteiger partial charge in [0.1, 0.15) is 29.2 Å². The highest BCUT2D eigenvalue weighted by Crippen LogP contribution is 2.45. The highest BCUT2D eigenvalue weighted by molar-refractivity contribution is 5.77. The van der Waals surface area contributed by atoms with E-state index < -0.39 is 17.3 Å². The number of carbonyl (C=O) groups is 2. The van der Waals surface area contributed by atoms with E-state index in [0.29, 0.717) is 6.42 Å². The first-order chi connectivity index (χ1) is 29.5. The van der Waals surface area contributed by atoms with E-state index in [-0.39, 0.29) is 37.9 Å². The van der Waals surface area contributed by atoms with Gasteiger partial charge < -0.3 is 29.0 Å². The number of unbranched alkanes of at least 4 members (excludes halogenated alkanes) is 12. The van der Waals surface area contributed by atoms with Crippen LogP contribution in [0.3, 0.4) is 0 Å². The number of nitrogens with one attached hydrogen (secondary N) is 1. The van der Waals surface area contributed by atoms with E-state index in [9.17, 15) is 9.59 Å². The Labute approximate surface area is 380 Å². The van der Waals surface area contributed by atoms with E-state index in [2.05, 4.69) is 60.7 Å². The molecule has 1 aromatic carbocycles. The van der Waals surface area contributed by atoms with Crippen LogP contribution in [0.15, 0.2) is 0 Å². The van der Waals surface area contributed by atoms with Crippen LogP contribution >= 0.6 is 0 Å². The predicted molar refractivity (Wildman–Crippen MR) is 256 cm³/mol. The molecule has 1 unspecified atom stereocenters. The Bertz CT molecular complexity index is 1440. The molecule has 358 valence electrons. The van der Waals surface area contributed by atoms with Gasteiger partial charge in [0.05, 0.1) is 13.2 Å². The normalized spacial score (nSPS) is 19.1. The second-order valence-corrected chi connectivity index (χ2v) is 21.2. The standard InChI is InChI=1S/C54H95NO7/c1-12-13-14-15-16-17-18-19-20-21-22-23-24-33-48(56)55-54(39-60-52(9,10)61-40-54)38-59-49(57)37-58-50-44(6)45(7)51-47(46(50)8)34-36-53(11,62-51)35-27-32-43(5)31-26-30-42(4)29-25-28-41(2)3/h41-43H,12-40H2,1-11H3,(H,55,56)/t42?,43-,53+/m0/s1. The van der Waals surface area contributed by atoms with Crippen LogP contribution in [0.25, 0.3) is 0 Å². The van der Waals surface area contributed by atoms with Gasteiger partial charge in [-0.1, -0.05) is 157 Å². The number of amides is 1. The average molecular weight is 870 g/mol. The van der Waals surface area contributed by atoms with Gasteiger partial charge >= 0.3 is 5.97 Å². The molecule has 3 rings (SSSR count). The molecule has 0 radical (unpaired) electrons. The molecule has 0 saturated carbocycles. The van der Waals surface area contributed by atoms with Crippen LogP contribution in [0.1, 0.15) is 232 Å². The third-order valence-corrected chi connectivity index (χ3v) is 14.0. The molecular formula is C54H95NO7. The second kappa shape index (κ2) is 27.9. The van der Waals surface area contributed by atoms with E-state index in [1.165, 1.54) is 121 Å². The lowest BCUT2D eigenvalue weighted by Crippen LogP contribution is -2.63. The molecule has 62 heavy (non-hydrogen) atoms. The first-order valence-corrected chi connectivity index (χ1v) is 25.7. The zero-order valence-electron chi connectivity index (χ0n) is 42.1. The molecule has 0 bridgehead atoms. The molecule has 0 spiro atoms. The molecule has 8 heteroatoms. The van der Waals surface area contributed by atoms with Gasteiger partial charge in [-0.3, -0.25) is 4.79 Å². The van der Waals surface area contributed by atoms with Crippen LogP contribution in [0, 0.1) is 38.5 Å². The van der Waals surface area contributed by atoms with Crippen molar-refractivity contribution >= 4 is 11.9 Å². The number of carbonyl (C=O) groups excluding carboxylic acids is 2. The lowest BCUT2D eigenvalue weighted by molar-refractivity contribution is -0.275. The summed E-state index contributed by atoms with van der Waals surface area (Å²) in [6, 6.07) is 0. The Balaban J connectivity index is 1.43. The lowest BCUT2D eigenvalue weighted by Gasteiger charge is -2.43. The number of rotatable bonds is 32. The zero-order chi connectivity index (χ0) is 45.6. The fraction of sp³-hybridized carbons (Fsp3) is 0.852. The Morgan fingerprint density at radius 3 is 1.77 bits per heavy atom. The number of hydrogen-bond donors (Lipinski definition) is 1. The molecule has 2 aliphatic rings. The summed E-state index contributed by atoms with van der Waals surface area (Å²) in [7, 11) is 0. The smallest absolute Gasteiger partial charge is 0.344 e. The highest BCUT2D eigenvalue weighted by atomic mass is 16.7. The minimum atomic E-state index is -0.958. The molecule has 1 N–H and O–H groups in total. The maximum absolute atomic E-state index is 13.2. The summed E-state index contributed by atoms with van der Waals surface area (Å²) in [6.07, 6.45) is 30.3. The van der Waals surface area contributed by atoms with Crippen LogP contribution in [0.5, 0.6) is 11.5 Å². The minimum Gasteiger partial charge on any atom is -0.487 e. The molecule has 1 amide bonds. The summed E-state index contributed by atoms with van der Waals surface area (Å²) in [4.78, 5) is 26.4. The van der Waals surface area contributed by atoms with Crippen molar-refractivity contribution in [3.05, 3.63) is 22.3 Å². The van der Waals surface area contributed by atoms with Crippen LogP contribution in [-0.2, 0) is 30.2 Å². The summed E-state index contributed by atoms with van der Waals surface area (Å²) in [5.41, 5.74) is 3.11. The van der Waals surface area contributed by atoms with Crippen molar-refractivity contribution in [2.24, 2.45) is 17.8 Å². The third kappa shape index (κ3) is 19.8. The van der Waals surface area contributed by atoms with Gasteiger partial charge in [-0.15, -0.1) is 0 Å². The number of fused-ring (bicyclic) bond motifs is 1. The van der Waals surface area contributed by atoms with Crippen molar-refractivity contribution < 1.29 is 33.3 Å². The molecule has 0 aliphatic carbocycles. The highest BCUT2D eigenvalue weighted by Gasteiger charge is 2.42. The van der Waals surface area contributed by atoms with Crippen LogP contribution in [0.4, 0.5) is 0 Å². The molecule has 8 nitrogen and oxygen atoms in total. The number of benzene rings is 1. The second-order valence-electron chi connectivity index (χ2n) is 21.2. The maximum atomic E-state index is 13.2. The Morgan fingerprint density at radius 2 is 1.21 bits per heavy atom. The van der Waals surface area contributed by atoms with E-state index in [0.717, 1.165) is 84.5 Å². The summed E-state index contributed by atoms with van der Waals surface area (Å²) in [5, 5.41) is 3.13. The minimum absolute atomic E-state index is 0.0558. The first-order valence-electron chi connectivity index (χ1n) is 25.7. The van der Waals surface area contributed by atoms with E-state index >= 15 is 0 Å². The fourth-order valence-electron chi connectivity index (χ4n) is 9.43. The molecule has 1 fully saturated rings. The Hall–Kier alpha value is -2.32. The average Bonchev–Trinajstić information content (AvgIpc) is 3.21. The van der Waals surface area contributed by atoms with Crippen molar-refractivity contribution in [3.8, 4) is 11.5 Å². The maximum Gasteiger partial charge on any atom is 0.344 e. The molecule has 1 aromatic rings. The zero-order valence-corrected chi connectivity index (χ0v) is 42.1. The lowest BCUT2D eigenvalue weighted by atomic mass is 9.83. The molecule has 3 atom stereocenters. The van der Waals surface area contributed by atoms with Crippen LogP contribution < -0.4 is 14.8 Å². The van der Waals surface area contributed by atoms with E-state index in [1.54, 1.807) is 0 Å². The SMILES string of the molecule is CCCCCCCCCCCCCCCC(=O)NC1(COC(=O)COc2c(C)c(C)c3c(c2C)CC[C@@](C)(CCC[C@@H](C)CCCC(C)CCCC(C)C)O3)COC(C)(C)OC1. The van der Waals surface area contributed by atoms with Crippen LogP contribution in [0.2, 0.25) is 0 Å². The van der Waals surface area contributed by atoms with Gasteiger partial charge in [0.2, 0.25) is 5.91 Å². The summed E-state index contributed by atoms with van der Waals surface area (Å²) in [6.45, 7) is 24.1. The van der Waals surface area contributed by atoms with Gasteiger partial charge in [-0.05, 0) is 108 Å². The Kier molecular flexibility index (Phi) is 24.3. The van der Waals surface area contributed by atoms with Gasteiger partial charge in [0, 0.05) is 12.0 Å². The third-order valence-electron chi connectivity index (χ3n) is 14.0. The Morgan fingerprint density at radius 1 is 0.677 bits per heavy atom. The van der Waals surface area contributed by atoms with Crippen molar-refractivity contribution in [3.63, 3.8) is 0 Å². The number of esters is 1. The van der Waals surface area contributed by atoms with Crippen molar-refractivity contribution in [1.82, 2.24) is 5.32 Å². The largest absolute Gasteiger partial charge is 0.487 e. The topological polar surface area (TPSA) is 92.3 Å². The predicted octanol–water partition coefficient (Wildman–Crippen LogP) is 14.2. The van der Waals surface area contributed by atoms with Crippen LogP contribution in [-0.4, -0.2) is 55.2 Å². The fourth-order valence-corrected chi connectivity index (χ4v) is 9.43. The molecule has 2 aliphatic heterocycles. The molecule has 2 heterocycles. The molecule has 1 saturated heterocycles. The number of ether oxygens (including phenoxy) is 5. The van der Waals surface area contributed by atoms with Gasteiger partial charge in [-0.2, -0.15) is 0 Å². The molecular weight excluding hydrogens is 775 g/mol. The van der Waals surface area contributed by atoms with E-state index in [1.807, 2.05) is 20.8 Å². The van der Waals surface area contributed by atoms with Crippen molar-refractivity contribution in [2.75, 3.05) is 26.4 Å². The van der Waals surface area contributed by atoms with E-state index in [4.69, 9.17) is 23.7 Å². The van der Waals surface area contributed by atoms with Gasteiger partial charge in [-0.25, -0.2) is 4.79 Å². The van der Waals surface area contributed by atoms with Gasteiger partial charge in [0.15, 0.2) is 12.4 Å².